The summed E-state index contributed by atoms with van der Waals surface area (Å²) in [6.07, 6.45) is -16.1. The van der Waals surface area contributed by atoms with Crippen LogP contribution in [0.5, 0.6) is 0 Å². The molecule has 174 valence electrons. The quantitative estimate of drug-likeness (QED) is 0.409. The Morgan fingerprint density at radius 2 is 1.59 bits per heavy atom. The largest absolute Gasteiger partial charge is 0.435 e. The summed E-state index contributed by atoms with van der Waals surface area (Å²) < 4.78 is 121. The van der Waals surface area contributed by atoms with E-state index >= 15 is 0 Å². The van der Waals surface area contributed by atoms with E-state index in [0.29, 0.717) is 18.2 Å². The summed E-state index contributed by atoms with van der Waals surface area (Å²) in [6, 6.07) is 4.25. The highest BCUT2D eigenvalue weighted by Crippen LogP contribution is 2.50. The first-order chi connectivity index (χ1) is 14.6. The Morgan fingerprint density at radius 3 is 2.12 bits per heavy atom. The van der Waals surface area contributed by atoms with Gasteiger partial charge in [0.15, 0.2) is 0 Å². The van der Waals surface area contributed by atoms with Crippen LogP contribution in [0.4, 0.5) is 39.5 Å². The maximum absolute atomic E-state index is 14.0. The predicted molar refractivity (Wildman–Crippen MR) is 97.2 cm³/mol. The average Bonchev–Trinajstić information content (AvgIpc) is 3.12. The van der Waals surface area contributed by atoms with E-state index in [4.69, 9.17) is 11.6 Å². The van der Waals surface area contributed by atoms with Crippen molar-refractivity contribution < 1.29 is 44.4 Å². The molecule has 0 saturated heterocycles. The highest BCUT2D eigenvalue weighted by Gasteiger charge is 2.62. The van der Waals surface area contributed by atoms with Crippen LogP contribution in [-0.4, -0.2) is 11.9 Å². The number of benzene rings is 2. The van der Waals surface area contributed by atoms with Crippen LogP contribution in [0.2, 0.25) is 5.02 Å². The van der Waals surface area contributed by atoms with Gasteiger partial charge in [-0.05, 0) is 36.2 Å². The third kappa shape index (κ3) is 4.39. The predicted octanol–water partition coefficient (Wildman–Crippen LogP) is 7.52. The summed E-state index contributed by atoms with van der Waals surface area (Å²) in [5.74, 6) is 0. The van der Waals surface area contributed by atoms with Crippen molar-refractivity contribution in [3.8, 4) is 0 Å². The minimum Gasteiger partial charge on any atom is -0.374 e. The topological polar surface area (TPSA) is 21.6 Å². The maximum Gasteiger partial charge on any atom is 0.435 e. The minimum absolute atomic E-state index is 0.0212. The van der Waals surface area contributed by atoms with Crippen molar-refractivity contribution in [2.24, 2.45) is 5.16 Å². The number of alkyl halides is 9. The van der Waals surface area contributed by atoms with Gasteiger partial charge in [0.05, 0.1) is 16.8 Å². The van der Waals surface area contributed by atoms with E-state index in [1.165, 1.54) is 6.92 Å². The molecule has 32 heavy (non-hydrogen) atoms. The number of nitrogens with zero attached hydrogens (tertiary/aromatic N) is 1. The number of hydrogen-bond donors (Lipinski definition) is 0. The zero-order valence-electron chi connectivity index (χ0n) is 16.0. The van der Waals surface area contributed by atoms with Crippen LogP contribution in [0.25, 0.3) is 0 Å². The highest BCUT2D eigenvalue weighted by molar-refractivity contribution is 6.30. The molecule has 0 aliphatic carbocycles. The van der Waals surface area contributed by atoms with Crippen LogP contribution in [-0.2, 0) is 29.2 Å². The van der Waals surface area contributed by atoms with Gasteiger partial charge in [0.2, 0.25) is 0 Å². The minimum atomic E-state index is -5.26. The smallest absolute Gasteiger partial charge is 0.374 e. The van der Waals surface area contributed by atoms with Crippen LogP contribution >= 0.6 is 11.6 Å². The van der Waals surface area contributed by atoms with Gasteiger partial charge in [-0.3, -0.25) is 0 Å². The van der Waals surface area contributed by atoms with E-state index in [1.807, 2.05) is 0 Å². The lowest BCUT2D eigenvalue weighted by Gasteiger charge is -2.30. The summed E-state index contributed by atoms with van der Waals surface area (Å²) >= 11 is 5.62. The first kappa shape index (κ1) is 24.2. The molecule has 1 aliphatic rings. The van der Waals surface area contributed by atoms with Crippen LogP contribution in [0.15, 0.2) is 41.6 Å². The second kappa shape index (κ2) is 7.86. The molecule has 3 rings (SSSR count). The third-order valence-corrected chi connectivity index (χ3v) is 5.23. The lowest BCUT2D eigenvalue weighted by atomic mass is 9.85. The lowest BCUT2D eigenvalue weighted by Crippen LogP contribution is -2.43. The third-order valence-electron chi connectivity index (χ3n) is 5.01. The number of aryl methyl sites for hydroxylation is 1. The number of oxime groups is 1. The van der Waals surface area contributed by atoms with Gasteiger partial charge in [-0.2, -0.15) is 39.5 Å². The average molecular weight is 490 g/mol. The zero-order valence-corrected chi connectivity index (χ0v) is 16.8. The Balaban J connectivity index is 2.09. The summed E-state index contributed by atoms with van der Waals surface area (Å²) in [6.45, 7) is 1.48. The first-order valence-electron chi connectivity index (χ1n) is 8.99. The van der Waals surface area contributed by atoms with Crippen molar-refractivity contribution in [3.05, 3.63) is 69.2 Å². The van der Waals surface area contributed by atoms with Crippen LogP contribution in [0, 0.1) is 0 Å². The molecule has 1 unspecified atom stereocenters. The molecule has 1 atom stereocenters. The van der Waals surface area contributed by atoms with Crippen molar-refractivity contribution in [3.63, 3.8) is 0 Å². The number of hydrogen-bond acceptors (Lipinski definition) is 2. The molecule has 0 saturated carbocycles. The van der Waals surface area contributed by atoms with Gasteiger partial charge in [-0.25, -0.2) is 0 Å². The zero-order chi connectivity index (χ0) is 24.1. The Hall–Kier alpha value is -2.43. The van der Waals surface area contributed by atoms with Gasteiger partial charge in [0.25, 0.3) is 5.60 Å². The molecule has 2 aromatic rings. The number of halogens is 10. The SMILES string of the molecule is CCc1ccc(C2=NOC(c3cc(Cl)cc(C(F)(F)F)c3)(C(F)(F)F)C2)cc1C(F)(F)F. The van der Waals surface area contributed by atoms with E-state index in [1.54, 1.807) is 0 Å². The van der Waals surface area contributed by atoms with Gasteiger partial charge >= 0.3 is 18.5 Å². The second-order valence-electron chi connectivity index (χ2n) is 7.08. The molecule has 0 aromatic heterocycles. The summed E-state index contributed by atoms with van der Waals surface area (Å²) in [5.41, 5.74) is -7.67. The molecule has 0 spiro atoms. The van der Waals surface area contributed by atoms with E-state index in [9.17, 15) is 39.5 Å². The normalized spacial score (nSPS) is 19.7. The molecule has 0 bridgehead atoms. The van der Waals surface area contributed by atoms with Crippen molar-refractivity contribution in [2.45, 2.75) is 43.9 Å². The van der Waals surface area contributed by atoms with E-state index < -0.39 is 58.0 Å². The first-order valence-corrected chi connectivity index (χ1v) is 9.37. The Morgan fingerprint density at radius 1 is 0.938 bits per heavy atom. The summed E-state index contributed by atoms with van der Waals surface area (Å²) in [7, 11) is 0. The molecule has 2 aromatic carbocycles. The summed E-state index contributed by atoms with van der Waals surface area (Å²) in [4.78, 5) is 4.62. The van der Waals surface area contributed by atoms with Gasteiger partial charge in [0, 0.05) is 22.6 Å². The molecule has 0 radical (unpaired) electrons. The van der Waals surface area contributed by atoms with Crippen molar-refractivity contribution in [2.75, 3.05) is 0 Å². The van der Waals surface area contributed by atoms with Gasteiger partial charge < -0.3 is 4.84 Å². The molecule has 1 aliphatic heterocycles. The van der Waals surface area contributed by atoms with Gasteiger partial charge in [-0.15, -0.1) is 0 Å². The van der Waals surface area contributed by atoms with E-state index in [0.717, 1.165) is 12.1 Å². The van der Waals surface area contributed by atoms with E-state index in [2.05, 4.69) is 9.99 Å². The molecule has 1 heterocycles. The monoisotopic (exact) mass is 489 g/mol. The number of rotatable bonds is 3. The fourth-order valence-corrected chi connectivity index (χ4v) is 3.61. The van der Waals surface area contributed by atoms with Crippen LogP contribution in [0.1, 0.15) is 41.2 Å². The Bertz CT molecular complexity index is 1060. The molecular formula is C20H13ClF9NO. The Labute approximate surface area is 180 Å². The van der Waals surface area contributed by atoms with Crippen molar-refractivity contribution in [1.82, 2.24) is 0 Å². The standard InChI is InChI=1S/C20H13ClF9NO/c1-2-10-3-4-11(5-15(10)19(25,26)27)16-9-17(32-31-16,20(28,29)30)12-6-13(18(22,23)24)8-14(21)7-12/h3-8H,2,9H2,1H3. The van der Waals surface area contributed by atoms with Crippen LogP contribution in [0.3, 0.4) is 0 Å². The molecule has 2 nitrogen and oxygen atoms in total. The maximum atomic E-state index is 14.0. The molecule has 0 N–H and O–H groups in total. The van der Waals surface area contributed by atoms with Gasteiger partial charge in [0.1, 0.15) is 0 Å². The Kier molecular flexibility index (Phi) is 5.95. The lowest BCUT2D eigenvalue weighted by molar-refractivity contribution is -0.276. The fraction of sp³-hybridized carbons (Fsp3) is 0.350. The van der Waals surface area contributed by atoms with Crippen molar-refractivity contribution in [1.29, 1.82) is 0 Å². The highest BCUT2D eigenvalue weighted by atomic mass is 35.5. The molecule has 0 fully saturated rings. The second-order valence-corrected chi connectivity index (χ2v) is 7.52. The van der Waals surface area contributed by atoms with E-state index in [-0.39, 0.29) is 23.6 Å². The fourth-order valence-electron chi connectivity index (χ4n) is 3.37. The summed E-state index contributed by atoms with van der Waals surface area (Å²) in [5, 5.41) is 2.68. The van der Waals surface area contributed by atoms with Gasteiger partial charge in [-0.1, -0.05) is 35.8 Å². The molecule has 0 amide bonds. The van der Waals surface area contributed by atoms with Crippen LogP contribution < -0.4 is 0 Å². The molecular weight excluding hydrogens is 477 g/mol. The molecule has 12 heteroatoms. The van der Waals surface area contributed by atoms with Crippen molar-refractivity contribution >= 4 is 17.3 Å².